The molecule has 0 saturated carbocycles. The van der Waals surface area contributed by atoms with Gasteiger partial charge in [-0.25, -0.2) is 4.98 Å². The van der Waals surface area contributed by atoms with Gasteiger partial charge < -0.3 is 4.57 Å². The molecule has 4 rings (SSSR count). The summed E-state index contributed by atoms with van der Waals surface area (Å²) in [6, 6.07) is 13.7. The summed E-state index contributed by atoms with van der Waals surface area (Å²) >= 11 is 1.34. The van der Waals surface area contributed by atoms with Crippen LogP contribution >= 0.6 is 11.8 Å². The zero-order chi connectivity index (χ0) is 21.3. The number of hydrogen-bond donors (Lipinski definition) is 0. The van der Waals surface area contributed by atoms with Crippen LogP contribution in [0.5, 0.6) is 0 Å². The van der Waals surface area contributed by atoms with Crippen molar-refractivity contribution in [2.45, 2.75) is 32.9 Å². The first-order valence-electron chi connectivity index (χ1n) is 9.58. The van der Waals surface area contributed by atoms with Gasteiger partial charge in [-0.05, 0) is 67.4 Å². The Kier molecular flexibility index (Phi) is 5.50. The van der Waals surface area contributed by atoms with Crippen LogP contribution in [-0.2, 0) is 0 Å². The molecular formula is C22H22N6OS. The van der Waals surface area contributed by atoms with E-state index in [0.29, 0.717) is 10.7 Å². The molecule has 3 aromatic heterocycles. The van der Waals surface area contributed by atoms with Crippen LogP contribution in [0.1, 0.15) is 32.9 Å². The lowest BCUT2D eigenvalue weighted by Crippen LogP contribution is -2.08. The Morgan fingerprint density at radius 3 is 2.50 bits per heavy atom. The normalized spacial score (nSPS) is 11.1. The lowest BCUT2D eigenvalue weighted by molar-refractivity contribution is 0.102. The number of hydrogen-bond acceptors (Lipinski definition) is 6. The first kappa shape index (κ1) is 20.0. The van der Waals surface area contributed by atoms with E-state index < -0.39 is 0 Å². The first-order valence-corrected chi connectivity index (χ1v) is 10.6. The number of tetrazole rings is 1. The number of benzene rings is 1. The molecule has 0 spiro atoms. The predicted octanol–water partition coefficient (Wildman–Crippen LogP) is 4.06. The minimum absolute atomic E-state index is 0.0336. The molecule has 152 valence electrons. The van der Waals surface area contributed by atoms with Crippen LogP contribution < -0.4 is 0 Å². The smallest absolute Gasteiger partial charge is 0.214 e. The lowest BCUT2D eigenvalue weighted by atomic mass is 10.1. The molecule has 30 heavy (non-hydrogen) atoms. The predicted molar refractivity (Wildman–Crippen MR) is 117 cm³/mol. The van der Waals surface area contributed by atoms with E-state index in [4.69, 9.17) is 0 Å². The zero-order valence-electron chi connectivity index (χ0n) is 17.3. The number of pyridine rings is 1. The third-order valence-corrected chi connectivity index (χ3v) is 5.95. The van der Waals surface area contributed by atoms with Crippen molar-refractivity contribution < 1.29 is 4.79 Å². The van der Waals surface area contributed by atoms with Gasteiger partial charge in [-0.3, -0.25) is 4.79 Å². The summed E-state index contributed by atoms with van der Waals surface area (Å²) in [5.41, 5.74) is 5.65. The van der Waals surface area contributed by atoms with E-state index in [-0.39, 0.29) is 11.5 Å². The number of para-hydroxylation sites is 1. The molecule has 0 N–H and O–H groups in total. The molecule has 8 heteroatoms. The van der Waals surface area contributed by atoms with Crippen LogP contribution in [0, 0.1) is 27.7 Å². The van der Waals surface area contributed by atoms with E-state index in [1.54, 1.807) is 10.9 Å². The molecule has 0 aliphatic carbocycles. The second-order valence-corrected chi connectivity index (χ2v) is 8.08. The van der Waals surface area contributed by atoms with Gasteiger partial charge in [0, 0.05) is 23.1 Å². The van der Waals surface area contributed by atoms with Crippen molar-refractivity contribution in [1.29, 1.82) is 0 Å². The highest BCUT2D eigenvalue weighted by Gasteiger charge is 2.19. The first-order chi connectivity index (χ1) is 14.5. The molecule has 3 heterocycles. The molecule has 7 nitrogen and oxygen atoms in total. The Balaban J connectivity index is 1.57. The fraction of sp³-hybridized carbons (Fsp3) is 0.227. The minimum Gasteiger partial charge on any atom is -0.302 e. The van der Waals surface area contributed by atoms with Crippen molar-refractivity contribution in [1.82, 2.24) is 29.8 Å². The third-order valence-electron chi connectivity index (χ3n) is 5.03. The molecule has 0 saturated heterocycles. The van der Waals surface area contributed by atoms with Crippen molar-refractivity contribution in [3.63, 3.8) is 0 Å². The Bertz CT molecular complexity index is 1190. The fourth-order valence-electron chi connectivity index (χ4n) is 3.64. The number of rotatable bonds is 6. The van der Waals surface area contributed by atoms with Crippen LogP contribution in [0.3, 0.4) is 0 Å². The van der Waals surface area contributed by atoms with Gasteiger partial charge in [0.25, 0.3) is 0 Å². The number of thioether (sulfide) groups is 1. The summed E-state index contributed by atoms with van der Waals surface area (Å²) in [5.74, 6) is 1.09. The lowest BCUT2D eigenvalue weighted by Gasteiger charge is -2.10. The fourth-order valence-corrected chi connectivity index (χ4v) is 4.40. The van der Waals surface area contributed by atoms with Crippen LogP contribution in [0.25, 0.3) is 11.5 Å². The van der Waals surface area contributed by atoms with Crippen molar-refractivity contribution in [2.75, 3.05) is 5.75 Å². The summed E-state index contributed by atoms with van der Waals surface area (Å²) < 4.78 is 3.71. The van der Waals surface area contributed by atoms with Crippen LogP contribution in [0.4, 0.5) is 0 Å². The van der Waals surface area contributed by atoms with Crippen molar-refractivity contribution in [3.05, 3.63) is 76.7 Å². The topological polar surface area (TPSA) is 78.5 Å². The maximum absolute atomic E-state index is 13.0. The van der Waals surface area contributed by atoms with E-state index in [2.05, 4.69) is 20.5 Å². The van der Waals surface area contributed by atoms with Gasteiger partial charge in [-0.1, -0.05) is 36.0 Å². The van der Waals surface area contributed by atoms with Gasteiger partial charge >= 0.3 is 0 Å². The minimum atomic E-state index is 0.0336. The van der Waals surface area contributed by atoms with Crippen LogP contribution in [-0.4, -0.2) is 41.3 Å². The van der Waals surface area contributed by atoms with Gasteiger partial charge in [-0.15, -0.1) is 5.10 Å². The number of nitrogens with zero attached hydrogens (tertiary/aromatic N) is 6. The molecule has 1 aromatic carbocycles. The van der Waals surface area contributed by atoms with Crippen molar-refractivity contribution in [2.24, 2.45) is 0 Å². The number of carbonyl (C=O) groups excluding carboxylic acids is 1. The van der Waals surface area contributed by atoms with E-state index in [1.807, 2.05) is 74.7 Å². The van der Waals surface area contributed by atoms with Crippen LogP contribution in [0.15, 0.2) is 53.8 Å². The highest BCUT2D eigenvalue weighted by atomic mass is 32.2. The number of Topliss-reactive ketones (excluding diaryl/α,β-unsaturated/α-hetero) is 1. The average Bonchev–Trinajstić information content (AvgIpc) is 3.30. The quantitative estimate of drug-likeness (QED) is 0.347. The number of carbonyl (C=O) groups is 1. The summed E-state index contributed by atoms with van der Waals surface area (Å²) in [7, 11) is 0. The number of aryl methyl sites for hydroxylation is 3. The Labute approximate surface area is 179 Å². The van der Waals surface area contributed by atoms with E-state index in [0.717, 1.165) is 34.0 Å². The largest absolute Gasteiger partial charge is 0.302 e. The van der Waals surface area contributed by atoms with Gasteiger partial charge in [0.05, 0.1) is 11.4 Å². The van der Waals surface area contributed by atoms with Crippen molar-refractivity contribution in [3.8, 4) is 11.5 Å². The van der Waals surface area contributed by atoms with E-state index in [9.17, 15) is 4.79 Å². The van der Waals surface area contributed by atoms with Gasteiger partial charge in [0.1, 0.15) is 5.82 Å². The Morgan fingerprint density at radius 1 is 1.03 bits per heavy atom. The molecule has 0 atom stereocenters. The molecule has 0 radical (unpaired) electrons. The summed E-state index contributed by atoms with van der Waals surface area (Å²) in [4.78, 5) is 17.4. The molecule has 0 unspecified atom stereocenters. The maximum atomic E-state index is 13.0. The average molecular weight is 419 g/mol. The molecule has 0 aliphatic heterocycles. The summed E-state index contributed by atoms with van der Waals surface area (Å²) in [6.45, 7) is 7.97. The monoisotopic (exact) mass is 418 g/mol. The Hall–Kier alpha value is -3.26. The highest BCUT2D eigenvalue weighted by molar-refractivity contribution is 7.99. The number of ketones is 1. The molecular weight excluding hydrogens is 396 g/mol. The third kappa shape index (κ3) is 3.66. The maximum Gasteiger partial charge on any atom is 0.214 e. The molecule has 0 aliphatic rings. The molecule has 0 amide bonds. The standard InChI is InChI=1S/C22H22N6OS/c1-14-8-7-9-15(2)21(14)28-22(24-25-26-28)30-13-19(29)18-12-16(3)27(17(18)4)20-10-5-6-11-23-20/h5-12H,13H2,1-4H3. The van der Waals surface area contributed by atoms with Gasteiger partial charge in [-0.2, -0.15) is 4.68 Å². The van der Waals surface area contributed by atoms with Crippen molar-refractivity contribution >= 4 is 17.5 Å². The van der Waals surface area contributed by atoms with Crippen LogP contribution in [0.2, 0.25) is 0 Å². The molecule has 4 aromatic rings. The second kappa shape index (κ2) is 8.23. The van der Waals surface area contributed by atoms with Gasteiger partial charge in [0.15, 0.2) is 5.78 Å². The van der Waals surface area contributed by atoms with E-state index >= 15 is 0 Å². The van der Waals surface area contributed by atoms with Gasteiger partial charge in [0.2, 0.25) is 5.16 Å². The van der Waals surface area contributed by atoms with E-state index in [1.165, 1.54) is 11.8 Å². The Morgan fingerprint density at radius 2 is 1.80 bits per heavy atom. The highest BCUT2D eigenvalue weighted by Crippen LogP contribution is 2.26. The second-order valence-electron chi connectivity index (χ2n) is 7.13. The number of aromatic nitrogens is 6. The summed E-state index contributed by atoms with van der Waals surface area (Å²) in [6.07, 6.45) is 1.75. The molecule has 0 bridgehead atoms. The molecule has 0 fully saturated rings. The summed E-state index contributed by atoms with van der Waals surface area (Å²) in [5, 5.41) is 12.7. The SMILES string of the molecule is Cc1cccc(C)c1-n1nnnc1SCC(=O)c1cc(C)n(-c2ccccn2)c1C. The zero-order valence-corrected chi connectivity index (χ0v) is 18.1.